The molecule has 0 atom stereocenters. The van der Waals surface area contributed by atoms with Crippen molar-refractivity contribution < 1.29 is 44.6 Å². The van der Waals surface area contributed by atoms with Crippen LogP contribution in [0.1, 0.15) is 11.1 Å². The lowest BCUT2D eigenvalue weighted by Crippen LogP contribution is -1.95. The Morgan fingerprint density at radius 3 is 1.50 bits per heavy atom. The number of hydrogen-bond acceptors (Lipinski definition) is 1. The maximum absolute atomic E-state index is 13.7. The molecule has 0 unspecified atom stereocenters. The maximum Gasteiger partial charge on any atom is 0.194 e. The Morgan fingerprint density at radius 2 is 1.06 bits per heavy atom. The van der Waals surface area contributed by atoms with Crippen LogP contribution in [-0.2, 0) is 6.67 Å². The van der Waals surface area contributed by atoms with Gasteiger partial charge < -0.3 is 0 Å². The van der Waals surface area contributed by atoms with E-state index >= 15 is 0 Å². The minimum atomic E-state index is -1.64. The molecule has 0 heterocycles. The van der Waals surface area contributed by atoms with Crippen molar-refractivity contribution >= 4 is 0 Å². The van der Waals surface area contributed by atoms with Gasteiger partial charge in [-0.3, -0.25) is 4.94 Å². The topological polar surface area (TPSA) is 9.23 Å². The molecular formula is C26H15F9O. The van der Waals surface area contributed by atoms with Gasteiger partial charge in [0, 0.05) is 21.7 Å². The van der Waals surface area contributed by atoms with E-state index in [0.717, 1.165) is 24.3 Å². The maximum atomic E-state index is 13.7. The van der Waals surface area contributed by atoms with Crippen LogP contribution in [0, 0.1) is 47.6 Å². The Bertz CT molecular complexity index is 1360. The Balaban J connectivity index is 0.000000201. The summed E-state index contributed by atoms with van der Waals surface area (Å²) in [6.45, 7) is 0.481. The van der Waals surface area contributed by atoms with E-state index < -0.39 is 53.0 Å². The molecule has 0 amide bonds. The van der Waals surface area contributed by atoms with Crippen LogP contribution in [0.15, 0.2) is 60.7 Å². The molecule has 1 nitrogen and oxygen atoms in total. The van der Waals surface area contributed by atoms with Crippen LogP contribution in [0.3, 0.4) is 0 Å². The van der Waals surface area contributed by atoms with Gasteiger partial charge in [0.05, 0.1) is 5.56 Å². The summed E-state index contributed by atoms with van der Waals surface area (Å²) in [5, 5.41) is 0. The zero-order valence-corrected chi connectivity index (χ0v) is 18.3. The van der Waals surface area contributed by atoms with Crippen molar-refractivity contribution in [2.75, 3.05) is 0 Å². The van der Waals surface area contributed by atoms with Crippen LogP contribution >= 0.6 is 0 Å². The van der Waals surface area contributed by atoms with Crippen LogP contribution in [0.4, 0.5) is 39.6 Å². The van der Waals surface area contributed by atoms with Gasteiger partial charge in [0.1, 0.15) is 29.9 Å². The molecule has 4 aromatic rings. The van der Waals surface area contributed by atoms with E-state index in [4.69, 9.17) is 0 Å². The van der Waals surface area contributed by atoms with Crippen LogP contribution < -0.4 is 4.94 Å². The lowest BCUT2D eigenvalue weighted by molar-refractivity contribution is -0.00652. The molecular weight excluding hydrogens is 499 g/mol. The van der Waals surface area contributed by atoms with Crippen molar-refractivity contribution in [2.24, 2.45) is 0 Å². The highest BCUT2D eigenvalue weighted by Crippen LogP contribution is 2.29. The molecule has 10 heteroatoms. The Hall–Kier alpha value is -3.95. The molecule has 36 heavy (non-hydrogen) atoms. The summed E-state index contributed by atoms with van der Waals surface area (Å²) in [6.07, 6.45) is 0. The normalized spacial score (nSPS) is 10.6. The molecule has 0 saturated carbocycles. The number of hydrogen-bond donors (Lipinski definition) is 0. The minimum Gasteiger partial charge on any atom is -0.294 e. The molecule has 4 aromatic carbocycles. The van der Waals surface area contributed by atoms with Crippen molar-refractivity contribution in [2.45, 2.75) is 13.6 Å². The third-order valence-corrected chi connectivity index (χ3v) is 5.03. The SMILES string of the molecule is Cc1ccc(-c2cc(F)c(CF)c(F)c2)c(F)c1.FOc1ccc(-c2cc(F)c(F)c(F)c2)c(F)c1. The van der Waals surface area contributed by atoms with Crippen molar-refractivity contribution in [3.05, 3.63) is 113 Å². The highest BCUT2D eigenvalue weighted by molar-refractivity contribution is 5.66. The van der Waals surface area contributed by atoms with Crippen LogP contribution in [0.25, 0.3) is 22.3 Å². The first kappa shape index (κ1) is 26.7. The molecule has 0 N–H and O–H groups in total. The van der Waals surface area contributed by atoms with Crippen molar-refractivity contribution in [1.82, 2.24) is 0 Å². The van der Waals surface area contributed by atoms with Crippen molar-refractivity contribution in [3.63, 3.8) is 0 Å². The van der Waals surface area contributed by atoms with Crippen molar-refractivity contribution in [1.29, 1.82) is 0 Å². The van der Waals surface area contributed by atoms with Gasteiger partial charge >= 0.3 is 0 Å². The molecule has 0 aliphatic rings. The van der Waals surface area contributed by atoms with E-state index in [2.05, 4.69) is 4.94 Å². The Morgan fingerprint density at radius 1 is 0.583 bits per heavy atom. The average molecular weight is 514 g/mol. The summed E-state index contributed by atoms with van der Waals surface area (Å²) < 4.78 is 117. The standard InChI is InChI=1S/C14H10F4.C12H5F5O/c1-8-2-3-10(12(16)4-8)9-5-13(17)11(7-15)14(18)6-9;13-9-5-7(18-17)1-2-8(9)6-3-10(14)12(16)11(15)4-6/h2-6H,7H2,1H3;1-5H. The Labute approximate surface area is 199 Å². The summed E-state index contributed by atoms with van der Waals surface area (Å²) in [5.41, 5.74) is -0.185. The molecule has 0 aliphatic carbocycles. The summed E-state index contributed by atoms with van der Waals surface area (Å²) >= 11 is 0. The molecule has 0 aliphatic heterocycles. The summed E-state index contributed by atoms with van der Waals surface area (Å²) in [7, 11) is 0. The first-order chi connectivity index (χ1) is 17.0. The average Bonchev–Trinajstić information content (AvgIpc) is 2.82. The van der Waals surface area contributed by atoms with E-state index in [0.29, 0.717) is 23.8 Å². The molecule has 0 saturated heterocycles. The quantitative estimate of drug-likeness (QED) is 0.196. The second-order valence-electron chi connectivity index (χ2n) is 7.51. The van der Waals surface area contributed by atoms with Gasteiger partial charge in [-0.25, -0.2) is 35.1 Å². The predicted molar refractivity (Wildman–Crippen MR) is 115 cm³/mol. The van der Waals surface area contributed by atoms with E-state index in [9.17, 15) is 39.6 Å². The van der Waals surface area contributed by atoms with Crippen LogP contribution in [0.5, 0.6) is 5.75 Å². The lowest BCUT2D eigenvalue weighted by atomic mass is 10.0. The number of benzene rings is 4. The van der Waals surface area contributed by atoms with Crippen LogP contribution in [0.2, 0.25) is 0 Å². The number of halogens is 9. The van der Waals surface area contributed by atoms with Gasteiger partial charge in [0.2, 0.25) is 0 Å². The molecule has 0 fully saturated rings. The lowest BCUT2D eigenvalue weighted by Gasteiger charge is -2.07. The van der Waals surface area contributed by atoms with E-state index in [1.165, 1.54) is 12.1 Å². The zero-order chi connectivity index (χ0) is 26.6. The third kappa shape index (κ3) is 5.81. The van der Waals surface area contributed by atoms with E-state index in [1.807, 2.05) is 0 Å². The molecule has 0 aromatic heterocycles. The second-order valence-corrected chi connectivity index (χ2v) is 7.51. The van der Waals surface area contributed by atoms with Gasteiger partial charge in [-0.15, -0.1) is 0 Å². The molecule has 0 radical (unpaired) electrons. The smallest absolute Gasteiger partial charge is 0.194 e. The predicted octanol–water partition coefficient (Wildman–Crippen LogP) is 8.72. The number of aryl methyl sites for hydroxylation is 1. The molecule has 188 valence electrons. The van der Waals surface area contributed by atoms with Gasteiger partial charge in [0.25, 0.3) is 0 Å². The highest BCUT2D eigenvalue weighted by atomic mass is 19.3. The first-order valence-electron chi connectivity index (χ1n) is 10.1. The zero-order valence-electron chi connectivity index (χ0n) is 18.3. The number of alkyl halides is 1. The number of rotatable bonds is 4. The summed E-state index contributed by atoms with van der Waals surface area (Å²) in [6, 6.07) is 10.3. The van der Waals surface area contributed by atoms with Gasteiger partial charge in [-0.1, -0.05) is 12.1 Å². The summed E-state index contributed by atoms with van der Waals surface area (Å²) in [5.74, 6) is -8.43. The highest BCUT2D eigenvalue weighted by Gasteiger charge is 2.15. The van der Waals surface area contributed by atoms with Gasteiger partial charge in [0.15, 0.2) is 23.2 Å². The molecule has 0 bridgehead atoms. The van der Waals surface area contributed by atoms with E-state index in [1.54, 1.807) is 13.0 Å². The first-order valence-corrected chi connectivity index (χ1v) is 10.1. The minimum absolute atomic E-state index is 0.0553. The monoisotopic (exact) mass is 514 g/mol. The molecule has 4 rings (SSSR count). The second kappa shape index (κ2) is 11.2. The van der Waals surface area contributed by atoms with E-state index in [-0.39, 0.29) is 28.0 Å². The largest absolute Gasteiger partial charge is 0.294 e. The van der Waals surface area contributed by atoms with Gasteiger partial charge in [-0.2, -0.15) is 0 Å². The Kier molecular flexibility index (Phi) is 8.29. The summed E-state index contributed by atoms with van der Waals surface area (Å²) in [4.78, 5) is 3.30. The molecule has 0 spiro atoms. The van der Waals surface area contributed by atoms with Gasteiger partial charge in [-0.05, 0) is 66.1 Å². The fourth-order valence-electron chi connectivity index (χ4n) is 3.23. The van der Waals surface area contributed by atoms with Crippen molar-refractivity contribution in [3.8, 4) is 28.0 Å². The third-order valence-electron chi connectivity index (χ3n) is 5.03. The van der Waals surface area contributed by atoms with Crippen LogP contribution in [-0.4, -0.2) is 0 Å². The fourth-order valence-corrected chi connectivity index (χ4v) is 3.23. The fraction of sp³-hybridized carbons (Fsp3) is 0.0769.